The lowest BCUT2D eigenvalue weighted by Crippen LogP contribution is -2.00. The minimum atomic E-state index is -0.267. The van der Waals surface area contributed by atoms with Crippen molar-refractivity contribution in [2.45, 2.75) is 6.54 Å². The summed E-state index contributed by atoms with van der Waals surface area (Å²) >= 11 is 0. The maximum atomic E-state index is 14.4. The molecule has 3 aromatic carbocycles. The third-order valence-corrected chi connectivity index (χ3v) is 4.00. The average Bonchev–Trinajstić information content (AvgIpc) is 2.86. The Bertz CT molecular complexity index is 968. The van der Waals surface area contributed by atoms with Crippen molar-refractivity contribution in [3.8, 4) is 0 Å². The van der Waals surface area contributed by atoms with Crippen molar-refractivity contribution in [2.75, 3.05) is 0 Å². The average molecular weight is 293 g/mol. The third kappa shape index (κ3) is 1.98. The molecule has 0 fully saturated rings. The van der Waals surface area contributed by atoms with Crippen LogP contribution in [0.25, 0.3) is 21.8 Å². The summed E-state index contributed by atoms with van der Waals surface area (Å²) in [7, 11) is 0. The highest BCUT2D eigenvalue weighted by atomic mass is 19.1. The van der Waals surface area contributed by atoms with E-state index in [-0.39, 0.29) is 11.6 Å². The first-order valence-electron chi connectivity index (χ1n) is 7.14. The quantitative estimate of drug-likeness (QED) is 0.483. The molecule has 0 aliphatic rings. The van der Waals surface area contributed by atoms with Crippen LogP contribution in [0.2, 0.25) is 0 Å². The first-order chi connectivity index (χ1) is 10.7. The van der Waals surface area contributed by atoms with Gasteiger partial charge in [0.05, 0.1) is 5.52 Å². The Labute approximate surface area is 126 Å². The van der Waals surface area contributed by atoms with Gasteiger partial charge in [0.25, 0.3) is 0 Å². The summed E-state index contributed by atoms with van der Waals surface area (Å²) < 4.78 is 29.4. The number of hydrogen-bond acceptors (Lipinski definition) is 0. The second kappa shape index (κ2) is 4.95. The lowest BCUT2D eigenvalue weighted by molar-refractivity contribution is 0.624. The molecule has 1 aromatic heterocycles. The second-order valence-corrected chi connectivity index (χ2v) is 5.37. The molecule has 4 rings (SSSR count). The van der Waals surface area contributed by atoms with E-state index in [1.165, 1.54) is 18.2 Å². The molecule has 0 atom stereocenters. The van der Waals surface area contributed by atoms with Crippen molar-refractivity contribution in [1.82, 2.24) is 4.57 Å². The van der Waals surface area contributed by atoms with Crippen LogP contribution in [0.5, 0.6) is 0 Å². The Morgan fingerprint density at radius 1 is 0.727 bits per heavy atom. The molecule has 4 aromatic rings. The van der Waals surface area contributed by atoms with Crippen LogP contribution in [0.3, 0.4) is 0 Å². The van der Waals surface area contributed by atoms with E-state index in [0.29, 0.717) is 12.1 Å². The van der Waals surface area contributed by atoms with Gasteiger partial charge >= 0.3 is 0 Å². The molecule has 0 saturated carbocycles. The number of fused-ring (bicyclic) bond motifs is 3. The topological polar surface area (TPSA) is 4.93 Å². The SMILES string of the molecule is Fc1ccc(Cn2c3ccccc3c3cccc(F)c32)cc1. The molecule has 0 spiro atoms. The summed E-state index contributed by atoms with van der Waals surface area (Å²) in [6.07, 6.45) is 0. The van der Waals surface area contributed by atoms with Crippen molar-refractivity contribution in [2.24, 2.45) is 0 Å². The highest BCUT2D eigenvalue weighted by Gasteiger charge is 2.13. The largest absolute Gasteiger partial charge is 0.334 e. The Kier molecular flexibility index (Phi) is 2.93. The predicted octanol–water partition coefficient (Wildman–Crippen LogP) is 5.12. The number of halogens is 2. The van der Waals surface area contributed by atoms with Gasteiger partial charge in [-0.1, -0.05) is 42.5 Å². The van der Waals surface area contributed by atoms with E-state index in [1.807, 2.05) is 34.9 Å². The van der Waals surface area contributed by atoms with Crippen LogP contribution in [-0.2, 0) is 6.54 Å². The summed E-state index contributed by atoms with van der Waals surface area (Å²) in [6, 6.07) is 19.3. The monoisotopic (exact) mass is 293 g/mol. The molecule has 1 nitrogen and oxygen atoms in total. The van der Waals surface area contributed by atoms with Gasteiger partial charge < -0.3 is 4.57 Å². The number of benzene rings is 3. The number of rotatable bonds is 2. The zero-order valence-electron chi connectivity index (χ0n) is 11.8. The van der Waals surface area contributed by atoms with E-state index in [2.05, 4.69) is 0 Å². The van der Waals surface area contributed by atoms with Gasteiger partial charge in [0, 0.05) is 22.8 Å². The standard InChI is InChI=1S/C19H13F2N/c20-14-10-8-13(9-11-14)12-22-18-7-2-1-4-15(18)16-5-3-6-17(21)19(16)22/h1-11H,12H2. The lowest BCUT2D eigenvalue weighted by Gasteiger charge is -2.08. The van der Waals surface area contributed by atoms with Gasteiger partial charge in [-0.15, -0.1) is 0 Å². The molecule has 0 aliphatic carbocycles. The zero-order valence-corrected chi connectivity index (χ0v) is 11.8. The fraction of sp³-hybridized carbons (Fsp3) is 0.0526. The summed E-state index contributed by atoms with van der Waals surface area (Å²) in [6.45, 7) is 0.505. The molecule has 108 valence electrons. The first-order valence-corrected chi connectivity index (χ1v) is 7.14. The molecule has 0 bridgehead atoms. The number of hydrogen-bond donors (Lipinski definition) is 0. The normalized spacial score (nSPS) is 11.4. The molecule has 0 N–H and O–H groups in total. The van der Waals surface area contributed by atoms with Gasteiger partial charge in [0.1, 0.15) is 11.6 Å². The van der Waals surface area contributed by atoms with Crippen LogP contribution in [-0.4, -0.2) is 4.57 Å². The smallest absolute Gasteiger partial charge is 0.147 e. The second-order valence-electron chi connectivity index (χ2n) is 5.37. The Balaban J connectivity index is 1.99. The van der Waals surface area contributed by atoms with E-state index >= 15 is 0 Å². The molecular weight excluding hydrogens is 280 g/mol. The van der Waals surface area contributed by atoms with Crippen molar-refractivity contribution in [1.29, 1.82) is 0 Å². The van der Waals surface area contributed by atoms with Crippen LogP contribution in [0.15, 0.2) is 66.7 Å². The van der Waals surface area contributed by atoms with E-state index in [1.54, 1.807) is 18.2 Å². The summed E-state index contributed by atoms with van der Waals surface area (Å²) in [5, 5.41) is 1.93. The summed E-state index contributed by atoms with van der Waals surface area (Å²) in [4.78, 5) is 0. The van der Waals surface area contributed by atoms with E-state index in [9.17, 15) is 8.78 Å². The lowest BCUT2D eigenvalue weighted by atomic mass is 10.1. The Hall–Kier alpha value is -2.68. The minimum absolute atomic E-state index is 0.240. The van der Waals surface area contributed by atoms with Crippen LogP contribution in [0.4, 0.5) is 8.78 Å². The van der Waals surface area contributed by atoms with Crippen molar-refractivity contribution < 1.29 is 8.78 Å². The summed E-state index contributed by atoms with van der Waals surface area (Å²) in [5.74, 6) is -0.507. The van der Waals surface area contributed by atoms with Crippen LogP contribution < -0.4 is 0 Å². The van der Waals surface area contributed by atoms with Crippen molar-refractivity contribution in [3.05, 3.63) is 83.9 Å². The van der Waals surface area contributed by atoms with Crippen LogP contribution in [0.1, 0.15) is 5.56 Å². The maximum absolute atomic E-state index is 14.4. The number of aromatic nitrogens is 1. The molecule has 0 radical (unpaired) electrons. The van der Waals surface area contributed by atoms with Gasteiger partial charge in [-0.25, -0.2) is 8.78 Å². The minimum Gasteiger partial charge on any atom is -0.334 e. The Morgan fingerprint density at radius 2 is 1.45 bits per heavy atom. The third-order valence-electron chi connectivity index (χ3n) is 4.00. The van der Waals surface area contributed by atoms with Gasteiger partial charge in [-0.05, 0) is 29.8 Å². The highest BCUT2D eigenvalue weighted by Crippen LogP contribution is 2.31. The summed E-state index contributed by atoms with van der Waals surface area (Å²) in [5.41, 5.74) is 2.51. The van der Waals surface area contributed by atoms with Crippen molar-refractivity contribution in [3.63, 3.8) is 0 Å². The highest BCUT2D eigenvalue weighted by molar-refractivity contribution is 6.08. The molecule has 0 unspecified atom stereocenters. The fourth-order valence-corrected chi connectivity index (χ4v) is 3.00. The first kappa shape index (κ1) is 13.0. The molecule has 3 heteroatoms. The fourth-order valence-electron chi connectivity index (χ4n) is 3.00. The number of nitrogens with zero attached hydrogens (tertiary/aromatic N) is 1. The molecule has 1 heterocycles. The number of para-hydroxylation sites is 2. The molecule has 0 saturated heterocycles. The molecular formula is C19H13F2N. The van der Waals surface area contributed by atoms with Gasteiger partial charge in [0.15, 0.2) is 0 Å². The van der Waals surface area contributed by atoms with Gasteiger partial charge in [0.2, 0.25) is 0 Å². The van der Waals surface area contributed by atoms with Gasteiger partial charge in [-0.2, -0.15) is 0 Å². The van der Waals surface area contributed by atoms with Crippen LogP contribution >= 0.6 is 0 Å². The molecule has 0 amide bonds. The van der Waals surface area contributed by atoms with E-state index < -0.39 is 0 Å². The van der Waals surface area contributed by atoms with E-state index in [0.717, 1.165) is 21.9 Å². The van der Waals surface area contributed by atoms with E-state index in [4.69, 9.17) is 0 Å². The van der Waals surface area contributed by atoms with Gasteiger partial charge in [-0.3, -0.25) is 0 Å². The zero-order chi connectivity index (χ0) is 15.1. The maximum Gasteiger partial charge on any atom is 0.147 e. The molecule has 22 heavy (non-hydrogen) atoms. The predicted molar refractivity (Wildman–Crippen MR) is 84.9 cm³/mol. The Morgan fingerprint density at radius 3 is 2.27 bits per heavy atom. The van der Waals surface area contributed by atoms with Crippen molar-refractivity contribution >= 4 is 21.8 Å². The molecule has 0 aliphatic heterocycles. The van der Waals surface area contributed by atoms with Crippen LogP contribution in [0, 0.1) is 11.6 Å².